The second-order valence-corrected chi connectivity index (χ2v) is 6.36. The molecule has 0 aromatic carbocycles. The van der Waals surface area contributed by atoms with Gasteiger partial charge in [0, 0.05) is 32.1 Å². The summed E-state index contributed by atoms with van der Waals surface area (Å²) in [4.78, 5) is 25.5. The number of carbonyl (C=O) groups is 2. The van der Waals surface area contributed by atoms with E-state index in [0.29, 0.717) is 31.5 Å². The van der Waals surface area contributed by atoms with Gasteiger partial charge in [0.15, 0.2) is 0 Å². The third kappa shape index (κ3) is 4.45. The van der Waals surface area contributed by atoms with Gasteiger partial charge in [-0.25, -0.2) is 0 Å². The number of amides is 2. The van der Waals surface area contributed by atoms with Crippen LogP contribution in [-0.4, -0.2) is 52.7 Å². The molecule has 23 heavy (non-hydrogen) atoms. The van der Waals surface area contributed by atoms with Gasteiger partial charge in [-0.05, 0) is 37.8 Å². The fourth-order valence-corrected chi connectivity index (χ4v) is 3.15. The highest BCUT2D eigenvalue weighted by atomic mass is 35.5. The molecule has 1 saturated heterocycles. The Hall–Kier alpha value is -1.60. The van der Waals surface area contributed by atoms with Crippen molar-refractivity contribution in [3.05, 3.63) is 16.5 Å². The molecule has 2 amide bonds. The number of rotatable bonds is 5. The number of piperidine rings is 1. The van der Waals surface area contributed by atoms with Gasteiger partial charge in [-0.15, -0.1) is 0 Å². The summed E-state index contributed by atoms with van der Waals surface area (Å²) >= 11 is 5.89. The zero-order valence-corrected chi connectivity index (χ0v) is 14.2. The van der Waals surface area contributed by atoms with Crippen LogP contribution in [-0.2, 0) is 16.0 Å². The Labute approximate surface area is 140 Å². The number of carbonyl (C=O) groups excluding carboxylic acids is 2. The summed E-state index contributed by atoms with van der Waals surface area (Å²) < 4.78 is 4.87. The molecule has 2 rings (SSSR count). The Bertz CT molecular complexity index is 570. The lowest BCUT2D eigenvalue weighted by molar-refractivity contribution is -0.142. The van der Waals surface area contributed by atoms with Crippen molar-refractivity contribution in [2.75, 3.05) is 20.1 Å². The smallest absolute Gasteiger partial charge is 0.229 e. The molecule has 128 valence electrons. The summed E-state index contributed by atoms with van der Waals surface area (Å²) in [6.45, 7) is 2.54. The van der Waals surface area contributed by atoms with Gasteiger partial charge in [-0.1, -0.05) is 5.16 Å². The third-order valence-electron chi connectivity index (χ3n) is 4.20. The minimum atomic E-state index is -1.15. The summed E-state index contributed by atoms with van der Waals surface area (Å²) in [5.41, 5.74) is 0.258. The van der Waals surface area contributed by atoms with E-state index in [1.807, 2.05) is 0 Å². The molecular weight excluding hydrogens is 322 g/mol. The number of halogens is 1. The van der Waals surface area contributed by atoms with Crippen molar-refractivity contribution in [1.29, 1.82) is 0 Å². The molecule has 1 unspecified atom stereocenters. The third-order valence-corrected chi connectivity index (χ3v) is 4.50. The number of hydrogen-bond acceptors (Lipinski definition) is 5. The summed E-state index contributed by atoms with van der Waals surface area (Å²) in [5.74, 6) is -0.301. The molecule has 8 heteroatoms. The first-order valence-electron chi connectivity index (χ1n) is 7.66. The second-order valence-electron chi connectivity index (χ2n) is 6.01. The predicted octanol–water partition coefficient (Wildman–Crippen LogP) is 1.06. The predicted molar refractivity (Wildman–Crippen MR) is 84.0 cm³/mol. The highest BCUT2D eigenvalue weighted by molar-refractivity contribution is 6.29. The van der Waals surface area contributed by atoms with Gasteiger partial charge >= 0.3 is 0 Å². The van der Waals surface area contributed by atoms with Crippen LogP contribution in [0.25, 0.3) is 0 Å². The number of nitrogens with one attached hydrogen (secondary N) is 1. The lowest BCUT2D eigenvalue weighted by Crippen LogP contribution is -2.52. The lowest BCUT2D eigenvalue weighted by atomic mass is 9.89. The number of likely N-dealkylation sites (tertiary alicyclic amines) is 1. The number of aromatic nitrogens is 1. The van der Waals surface area contributed by atoms with E-state index in [1.54, 1.807) is 11.8 Å². The number of aliphatic hydroxyl groups is 1. The Morgan fingerprint density at radius 2 is 2.26 bits per heavy atom. The molecule has 1 atom stereocenters. The van der Waals surface area contributed by atoms with Crippen molar-refractivity contribution < 1.29 is 19.2 Å². The van der Waals surface area contributed by atoms with Crippen molar-refractivity contribution in [3.8, 4) is 0 Å². The van der Waals surface area contributed by atoms with Crippen molar-refractivity contribution in [2.24, 2.45) is 0 Å². The van der Waals surface area contributed by atoms with Crippen LogP contribution in [0, 0.1) is 6.92 Å². The van der Waals surface area contributed by atoms with Gasteiger partial charge in [0.25, 0.3) is 0 Å². The van der Waals surface area contributed by atoms with Gasteiger partial charge in [-0.3, -0.25) is 9.59 Å². The highest BCUT2D eigenvalue weighted by Gasteiger charge is 2.36. The molecule has 0 saturated carbocycles. The first kappa shape index (κ1) is 17.7. The topological polar surface area (TPSA) is 95.7 Å². The number of nitrogens with zero attached hydrogens (tertiary/aromatic N) is 2. The van der Waals surface area contributed by atoms with E-state index in [4.69, 9.17) is 16.1 Å². The first-order chi connectivity index (χ1) is 10.8. The zero-order valence-electron chi connectivity index (χ0n) is 13.4. The van der Waals surface area contributed by atoms with E-state index in [9.17, 15) is 14.7 Å². The molecule has 0 radical (unpaired) electrons. The van der Waals surface area contributed by atoms with Gasteiger partial charge in [0.1, 0.15) is 0 Å². The van der Waals surface area contributed by atoms with Gasteiger partial charge in [-0.2, -0.15) is 0 Å². The number of β-amino-alcohol motifs (C(OH)–C–C–N with tert-alkyl or cyclic N) is 1. The largest absolute Gasteiger partial charge is 0.388 e. The second kappa shape index (κ2) is 7.31. The zero-order chi connectivity index (χ0) is 17.0. The molecule has 2 N–H and O–H groups in total. The van der Waals surface area contributed by atoms with Crippen LogP contribution in [0.3, 0.4) is 0 Å². The summed E-state index contributed by atoms with van der Waals surface area (Å²) in [7, 11) is 1.53. The fraction of sp³-hybridized carbons (Fsp3) is 0.667. The Kier molecular flexibility index (Phi) is 5.64. The maximum atomic E-state index is 12.4. The van der Waals surface area contributed by atoms with Crippen LogP contribution in [0.2, 0.25) is 5.22 Å². The SMILES string of the molecule is CNC(=O)CC1(O)CCCN(C(=O)CCc2c(C)noc2Cl)C1. The highest BCUT2D eigenvalue weighted by Crippen LogP contribution is 2.26. The summed E-state index contributed by atoms with van der Waals surface area (Å²) in [6, 6.07) is 0. The van der Waals surface area contributed by atoms with Crippen molar-refractivity contribution >= 4 is 23.4 Å². The van der Waals surface area contributed by atoms with Crippen LogP contribution >= 0.6 is 11.6 Å². The van der Waals surface area contributed by atoms with Crippen LogP contribution in [0.4, 0.5) is 0 Å². The molecule has 0 aliphatic carbocycles. The van der Waals surface area contributed by atoms with Crippen LogP contribution in [0.5, 0.6) is 0 Å². The van der Waals surface area contributed by atoms with Crippen LogP contribution in [0.15, 0.2) is 4.52 Å². The van der Waals surface area contributed by atoms with Gasteiger partial charge in [0.2, 0.25) is 17.0 Å². The molecule has 0 bridgehead atoms. The fourth-order valence-electron chi connectivity index (χ4n) is 2.89. The van der Waals surface area contributed by atoms with Crippen molar-refractivity contribution in [3.63, 3.8) is 0 Å². The van der Waals surface area contributed by atoms with E-state index >= 15 is 0 Å². The van der Waals surface area contributed by atoms with E-state index in [1.165, 1.54) is 7.05 Å². The van der Waals surface area contributed by atoms with E-state index in [-0.39, 0.29) is 36.4 Å². The van der Waals surface area contributed by atoms with Gasteiger partial charge < -0.3 is 19.8 Å². The minimum Gasteiger partial charge on any atom is -0.388 e. The molecule has 1 fully saturated rings. The molecule has 1 aliphatic heterocycles. The molecule has 0 spiro atoms. The standard InChI is InChI=1S/C15H22ClN3O4/c1-10-11(14(16)23-18-10)4-5-13(21)19-7-3-6-15(22,9-19)8-12(20)17-2/h22H,3-9H2,1-2H3,(H,17,20). The van der Waals surface area contributed by atoms with E-state index in [2.05, 4.69) is 10.5 Å². The van der Waals surface area contributed by atoms with E-state index < -0.39 is 5.60 Å². The minimum absolute atomic E-state index is 0.00384. The molecule has 1 aromatic rings. The maximum absolute atomic E-state index is 12.4. The van der Waals surface area contributed by atoms with Crippen molar-refractivity contribution in [1.82, 2.24) is 15.4 Å². The summed E-state index contributed by atoms with van der Waals surface area (Å²) in [6.07, 6.45) is 1.89. The molecule has 1 aromatic heterocycles. The first-order valence-corrected chi connectivity index (χ1v) is 8.04. The Balaban J connectivity index is 1.93. The quantitative estimate of drug-likeness (QED) is 0.833. The Morgan fingerprint density at radius 1 is 1.52 bits per heavy atom. The normalized spacial score (nSPS) is 21.3. The molecule has 7 nitrogen and oxygen atoms in total. The average Bonchev–Trinajstić information content (AvgIpc) is 2.83. The molecule has 1 aliphatic rings. The van der Waals surface area contributed by atoms with Crippen molar-refractivity contribution in [2.45, 2.75) is 44.6 Å². The van der Waals surface area contributed by atoms with Crippen LogP contribution in [0.1, 0.15) is 36.9 Å². The average molecular weight is 344 g/mol. The maximum Gasteiger partial charge on any atom is 0.229 e. The number of hydrogen-bond donors (Lipinski definition) is 2. The summed E-state index contributed by atoms with van der Waals surface area (Å²) in [5, 5.41) is 17.0. The monoisotopic (exact) mass is 343 g/mol. The Morgan fingerprint density at radius 3 is 2.87 bits per heavy atom. The van der Waals surface area contributed by atoms with Crippen LogP contribution < -0.4 is 5.32 Å². The molecular formula is C15H22ClN3O4. The lowest BCUT2D eigenvalue weighted by Gasteiger charge is -2.39. The van der Waals surface area contributed by atoms with E-state index in [0.717, 1.165) is 5.56 Å². The number of aryl methyl sites for hydroxylation is 1. The molecule has 2 heterocycles. The van der Waals surface area contributed by atoms with Gasteiger partial charge in [0.05, 0.1) is 17.7 Å².